The molecule has 2 aliphatic heterocycles. The maximum atomic E-state index is 12.4. The molecule has 0 spiro atoms. The molecular formula is C14H18FN3O. The van der Waals surface area contributed by atoms with E-state index < -0.39 is 0 Å². The average molecular weight is 263 g/mol. The van der Waals surface area contributed by atoms with Gasteiger partial charge in [0, 0.05) is 42.9 Å². The first kappa shape index (κ1) is 12.4. The van der Waals surface area contributed by atoms with Crippen molar-refractivity contribution >= 4 is 5.69 Å². The van der Waals surface area contributed by atoms with Gasteiger partial charge in [-0.1, -0.05) is 0 Å². The molecule has 3 rings (SSSR count). The Labute approximate surface area is 111 Å². The molecule has 19 heavy (non-hydrogen) atoms. The molecule has 0 radical (unpaired) electrons. The van der Waals surface area contributed by atoms with E-state index in [1.165, 1.54) is 11.3 Å². The van der Waals surface area contributed by atoms with Gasteiger partial charge in [-0.25, -0.2) is 4.39 Å². The van der Waals surface area contributed by atoms with Crippen LogP contribution >= 0.6 is 0 Å². The number of hydrogen-bond donors (Lipinski definition) is 3. The third-order valence-corrected chi connectivity index (χ3v) is 3.82. The second-order valence-corrected chi connectivity index (χ2v) is 5.02. The Bertz CT molecular complexity index is 503. The fourth-order valence-corrected chi connectivity index (χ4v) is 2.74. The van der Waals surface area contributed by atoms with Gasteiger partial charge in [0.1, 0.15) is 12.4 Å². The van der Waals surface area contributed by atoms with E-state index in [1.807, 2.05) is 18.2 Å². The summed E-state index contributed by atoms with van der Waals surface area (Å²) in [5.74, 6) is 1.27. The number of benzene rings is 1. The van der Waals surface area contributed by atoms with Gasteiger partial charge in [0.15, 0.2) is 0 Å². The minimum absolute atomic E-state index is 0.178. The van der Waals surface area contributed by atoms with E-state index in [-0.39, 0.29) is 13.2 Å². The highest BCUT2D eigenvalue weighted by Gasteiger charge is 2.35. The maximum Gasteiger partial charge on any atom is 0.120 e. The summed E-state index contributed by atoms with van der Waals surface area (Å²) in [6, 6.07) is 6.47. The van der Waals surface area contributed by atoms with E-state index in [1.54, 1.807) is 0 Å². The molecule has 2 aliphatic rings. The SMILES string of the molecule is NC/C(=C/F)COc1ccc2c(c1)C1CNCC1N2. The van der Waals surface area contributed by atoms with Crippen LogP contribution < -0.4 is 21.1 Å². The number of anilines is 1. The normalized spacial score (nSPS) is 24.8. The lowest BCUT2D eigenvalue weighted by molar-refractivity contribution is 0.347. The molecule has 0 amide bonds. The number of fused-ring (bicyclic) bond motifs is 3. The van der Waals surface area contributed by atoms with Crippen LogP contribution in [0.1, 0.15) is 11.5 Å². The van der Waals surface area contributed by atoms with Crippen molar-refractivity contribution in [3.63, 3.8) is 0 Å². The number of rotatable bonds is 4. The molecule has 5 heteroatoms. The Hall–Kier alpha value is -1.59. The van der Waals surface area contributed by atoms with E-state index in [9.17, 15) is 4.39 Å². The minimum Gasteiger partial charge on any atom is -0.489 e. The molecule has 2 heterocycles. The van der Waals surface area contributed by atoms with Gasteiger partial charge >= 0.3 is 0 Å². The molecule has 1 saturated heterocycles. The van der Waals surface area contributed by atoms with Crippen LogP contribution in [-0.2, 0) is 0 Å². The highest BCUT2D eigenvalue weighted by atomic mass is 19.1. The van der Waals surface area contributed by atoms with E-state index in [0.717, 1.165) is 18.8 Å². The van der Waals surface area contributed by atoms with Crippen molar-refractivity contribution in [2.24, 2.45) is 5.73 Å². The lowest BCUT2D eigenvalue weighted by atomic mass is 9.98. The smallest absolute Gasteiger partial charge is 0.120 e. The third kappa shape index (κ3) is 2.31. The van der Waals surface area contributed by atoms with E-state index in [4.69, 9.17) is 10.5 Å². The maximum absolute atomic E-state index is 12.4. The highest BCUT2D eigenvalue weighted by Crippen LogP contribution is 2.39. The van der Waals surface area contributed by atoms with Crippen molar-refractivity contribution in [3.8, 4) is 5.75 Å². The first-order chi connectivity index (χ1) is 9.31. The van der Waals surface area contributed by atoms with Gasteiger partial charge in [-0.3, -0.25) is 0 Å². The van der Waals surface area contributed by atoms with Crippen LogP contribution in [0.5, 0.6) is 5.75 Å². The van der Waals surface area contributed by atoms with Crippen molar-refractivity contribution in [1.82, 2.24) is 5.32 Å². The monoisotopic (exact) mass is 263 g/mol. The van der Waals surface area contributed by atoms with Crippen molar-refractivity contribution in [2.75, 3.05) is 31.6 Å². The Kier molecular flexibility index (Phi) is 3.40. The van der Waals surface area contributed by atoms with E-state index in [0.29, 0.717) is 23.9 Å². The third-order valence-electron chi connectivity index (χ3n) is 3.82. The molecule has 4 N–H and O–H groups in total. The number of ether oxygens (including phenoxy) is 1. The van der Waals surface area contributed by atoms with Gasteiger partial charge in [0.05, 0.1) is 6.33 Å². The first-order valence-corrected chi connectivity index (χ1v) is 6.54. The summed E-state index contributed by atoms with van der Waals surface area (Å²) in [7, 11) is 0. The fourth-order valence-electron chi connectivity index (χ4n) is 2.74. The molecule has 0 aromatic heterocycles. The van der Waals surface area contributed by atoms with Crippen LogP contribution in [0, 0.1) is 0 Å². The Morgan fingerprint density at radius 2 is 2.37 bits per heavy atom. The summed E-state index contributed by atoms with van der Waals surface area (Å²) in [5, 5.41) is 6.88. The van der Waals surface area contributed by atoms with Crippen LogP contribution in [0.3, 0.4) is 0 Å². The molecule has 1 aromatic carbocycles. The van der Waals surface area contributed by atoms with Crippen molar-refractivity contribution in [1.29, 1.82) is 0 Å². The van der Waals surface area contributed by atoms with Crippen LogP contribution in [0.2, 0.25) is 0 Å². The topological polar surface area (TPSA) is 59.3 Å². The van der Waals surface area contributed by atoms with Crippen molar-refractivity contribution < 1.29 is 9.13 Å². The molecule has 0 aliphatic carbocycles. The molecule has 1 fully saturated rings. The largest absolute Gasteiger partial charge is 0.489 e. The summed E-state index contributed by atoms with van der Waals surface area (Å²) in [4.78, 5) is 0. The molecule has 4 nitrogen and oxygen atoms in total. The molecule has 2 atom stereocenters. The zero-order valence-corrected chi connectivity index (χ0v) is 10.7. The van der Waals surface area contributed by atoms with Crippen molar-refractivity contribution in [2.45, 2.75) is 12.0 Å². The summed E-state index contributed by atoms with van der Waals surface area (Å²) >= 11 is 0. The predicted octanol–water partition coefficient (Wildman–Crippen LogP) is 1.36. The molecule has 0 saturated carbocycles. The van der Waals surface area contributed by atoms with Crippen LogP contribution in [0.15, 0.2) is 30.1 Å². The van der Waals surface area contributed by atoms with Crippen LogP contribution in [0.4, 0.5) is 10.1 Å². The van der Waals surface area contributed by atoms with Gasteiger partial charge in [-0.2, -0.15) is 0 Å². The standard InChI is InChI=1S/C14H18FN3O/c15-4-9(5-16)8-19-10-1-2-13-11(3-10)12-6-17-7-14(12)18-13/h1-4,12,14,17-18H,5-8,16H2/b9-4-. The number of halogens is 1. The number of nitrogens with two attached hydrogens (primary N) is 1. The zero-order valence-electron chi connectivity index (χ0n) is 10.7. The molecule has 102 valence electrons. The van der Waals surface area contributed by atoms with Gasteiger partial charge in [-0.05, 0) is 23.8 Å². The Balaban J connectivity index is 1.73. The van der Waals surface area contributed by atoms with Crippen LogP contribution in [-0.4, -0.2) is 32.3 Å². The van der Waals surface area contributed by atoms with Gasteiger partial charge < -0.3 is 21.1 Å². The lowest BCUT2D eigenvalue weighted by Crippen LogP contribution is -2.20. The van der Waals surface area contributed by atoms with E-state index in [2.05, 4.69) is 10.6 Å². The predicted molar refractivity (Wildman–Crippen MR) is 73.2 cm³/mol. The fraction of sp³-hybridized carbons (Fsp3) is 0.429. The summed E-state index contributed by atoms with van der Waals surface area (Å²) in [5.41, 5.74) is 8.33. The summed E-state index contributed by atoms with van der Waals surface area (Å²) in [6.07, 6.45) is 0.520. The van der Waals surface area contributed by atoms with Gasteiger partial charge in [0.2, 0.25) is 0 Å². The minimum atomic E-state index is 0.178. The second-order valence-electron chi connectivity index (χ2n) is 5.02. The summed E-state index contributed by atoms with van der Waals surface area (Å²) in [6.45, 7) is 2.37. The highest BCUT2D eigenvalue weighted by molar-refractivity contribution is 5.62. The van der Waals surface area contributed by atoms with Crippen molar-refractivity contribution in [3.05, 3.63) is 35.7 Å². The first-order valence-electron chi connectivity index (χ1n) is 6.54. The zero-order chi connectivity index (χ0) is 13.2. The van der Waals surface area contributed by atoms with Gasteiger partial charge in [-0.15, -0.1) is 0 Å². The molecular weight excluding hydrogens is 245 g/mol. The summed E-state index contributed by atoms with van der Waals surface area (Å²) < 4.78 is 18.0. The number of nitrogens with one attached hydrogen (secondary N) is 2. The van der Waals surface area contributed by atoms with E-state index >= 15 is 0 Å². The lowest BCUT2D eigenvalue weighted by Gasteiger charge is -2.10. The molecule has 0 bridgehead atoms. The van der Waals surface area contributed by atoms with Crippen LogP contribution in [0.25, 0.3) is 0 Å². The number of hydrogen-bond acceptors (Lipinski definition) is 4. The quantitative estimate of drug-likeness (QED) is 0.767. The molecule has 2 unspecified atom stereocenters. The Morgan fingerprint density at radius 3 is 3.16 bits per heavy atom. The Morgan fingerprint density at radius 1 is 1.47 bits per heavy atom. The molecule has 1 aromatic rings. The average Bonchev–Trinajstić information content (AvgIpc) is 3.00. The van der Waals surface area contributed by atoms with Gasteiger partial charge in [0.25, 0.3) is 0 Å². The second kappa shape index (κ2) is 5.19.